The molecule has 0 spiro atoms. The van der Waals surface area contributed by atoms with Crippen molar-refractivity contribution in [1.82, 2.24) is 4.90 Å². The van der Waals surface area contributed by atoms with Gasteiger partial charge in [0.05, 0.1) is 9.75 Å². The molecule has 0 radical (unpaired) electrons. The Morgan fingerprint density at radius 2 is 2.09 bits per heavy atom. The van der Waals surface area contributed by atoms with Gasteiger partial charge in [0.2, 0.25) is 0 Å². The third-order valence-corrected chi connectivity index (χ3v) is 5.19. The third kappa shape index (κ3) is 3.25. The summed E-state index contributed by atoms with van der Waals surface area (Å²) in [6.45, 7) is 4.36. The molecule has 0 aliphatic carbocycles. The standard InChI is InChI=1S/C17H21NO3S/c1-12-3-4-14(21-12)15-5-6-16(22-15)17(19)18-9-7-13(8-10-18)11-20-2/h3-6,13H,7-11H2,1-2H3. The van der Waals surface area contributed by atoms with Crippen LogP contribution in [-0.4, -0.2) is 37.6 Å². The van der Waals surface area contributed by atoms with Crippen LogP contribution < -0.4 is 0 Å². The Kier molecular flexibility index (Phi) is 4.64. The van der Waals surface area contributed by atoms with Crippen LogP contribution in [0.1, 0.15) is 28.3 Å². The minimum Gasteiger partial charge on any atom is -0.461 e. The van der Waals surface area contributed by atoms with Crippen LogP contribution in [0.4, 0.5) is 0 Å². The van der Waals surface area contributed by atoms with E-state index in [1.165, 1.54) is 11.3 Å². The summed E-state index contributed by atoms with van der Waals surface area (Å²) in [4.78, 5) is 16.3. The number of aryl methyl sites for hydroxylation is 1. The largest absolute Gasteiger partial charge is 0.461 e. The van der Waals surface area contributed by atoms with Gasteiger partial charge in [-0.3, -0.25) is 4.79 Å². The van der Waals surface area contributed by atoms with Crippen LogP contribution in [0.2, 0.25) is 0 Å². The summed E-state index contributed by atoms with van der Waals surface area (Å²) in [5.41, 5.74) is 0. The van der Waals surface area contributed by atoms with E-state index in [1.54, 1.807) is 7.11 Å². The molecule has 1 aliphatic rings. The van der Waals surface area contributed by atoms with Crippen molar-refractivity contribution < 1.29 is 13.9 Å². The minimum absolute atomic E-state index is 0.135. The Hall–Kier alpha value is -1.59. The van der Waals surface area contributed by atoms with Gasteiger partial charge < -0.3 is 14.1 Å². The monoisotopic (exact) mass is 319 g/mol. The predicted molar refractivity (Wildman–Crippen MR) is 87.3 cm³/mol. The molecule has 0 bridgehead atoms. The van der Waals surface area contributed by atoms with Crippen LogP contribution in [0.3, 0.4) is 0 Å². The van der Waals surface area contributed by atoms with Crippen molar-refractivity contribution in [2.75, 3.05) is 26.8 Å². The van der Waals surface area contributed by atoms with Gasteiger partial charge in [0.15, 0.2) is 0 Å². The van der Waals surface area contributed by atoms with Crippen LogP contribution in [-0.2, 0) is 4.74 Å². The first-order valence-electron chi connectivity index (χ1n) is 7.62. The number of thiophene rings is 1. The van der Waals surface area contributed by atoms with E-state index in [1.807, 2.05) is 36.1 Å². The molecular weight excluding hydrogens is 298 g/mol. The summed E-state index contributed by atoms with van der Waals surface area (Å²) < 4.78 is 10.8. The number of amides is 1. The molecule has 0 N–H and O–H groups in total. The van der Waals surface area contributed by atoms with Gasteiger partial charge in [0, 0.05) is 26.8 Å². The molecule has 0 aromatic carbocycles. The normalized spacial score (nSPS) is 16.2. The molecule has 1 amide bonds. The van der Waals surface area contributed by atoms with Crippen molar-refractivity contribution in [2.24, 2.45) is 5.92 Å². The van der Waals surface area contributed by atoms with E-state index in [2.05, 4.69) is 0 Å². The summed E-state index contributed by atoms with van der Waals surface area (Å²) >= 11 is 1.50. The first-order chi connectivity index (χ1) is 10.7. The molecule has 1 fully saturated rings. The van der Waals surface area contributed by atoms with Crippen LogP contribution in [0.25, 0.3) is 10.6 Å². The van der Waals surface area contributed by atoms with Gasteiger partial charge in [-0.05, 0) is 49.9 Å². The van der Waals surface area contributed by atoms with E-state index >= 15 is 0 Å². The second kappa shape index (κ2) is 6.67. The summed E-state index contributed by atoms with van der Waals surface area (Å²) in [5, 5.41) is 0. The van der Waals surface area contributed by atoms with Gasteiger partial charge in [-0.2, -0.15) is 0 Å². The van der Waals surface area contributed by atoms with Crippen LogP contribution in [0.15, 0.2) is 28.7 Å². The molecular formula is C17H21NO3S. The summed E-state index contributed by atoms with van der Waals surface area (Å²) in [7, 11) is 1.74. The smallest absolute Gasteiger partial charge is 0.263 e. The van der Waals surface area contributed by atoms with Crippen molar-refractivity contribution in [3.8, 4) is 10.6 Å². The highest BCUT2D eigenvalue weighted by Crippen LogP contribution is 2.31. The number of likely N-dealkylation sites (tertiary alicyclic amines) is 1. The lowest BCUT2D eigenvalue weighted by Gasteiger charge is -2.31. The van der Waals surface area contributed by atoms with Crippen molar-refractivity contribution in [3.05, 3.63) is 34.9 Å². The topological polar surface area (TPSA) is 42.7 Å². The maximum Gasteiger partial charge on any atom is 0.263 e. The van der Waals surface area contributed by atoms with Crippen LogP contribution in [0.5, 0.6) is 0 Å². The highest BCUT2D eigenvalue weighted by Gasteiger charge is 2.24. The number of rotatable bonds is 4. The zero-order valence-corrected chi connectivity index (χ0v) is 13.8. The molecule has 4 nitrogen and oxygen atoms in total. The summed E-state index contributed by atoms with van der Waals surface area (Å²) in [6, 6.07) is 7.76. The number of hydrogen-bond acceptors (Lipinski definition) is 4. The molecule has 0 unspecified atom stereocenters. The Balaban J connectivity index is 1.65. The number of piperidine rings is 1. The molecule has 1 aliphatic heterocycles. The van der Waals surface area contributed by atoms with Gasteiger partial charge in [-0.1, -0.05) is 0 Å². The van der Waals surface area contributed by atoms with E-state index < -0.39 is 0 Å². The zero-order valence-electron chi connectivity index (χ0n) is 13.0. The Morgan fingerprint density at radius 3 is 2.73 bits per heavy atom. The minimum atomic E-state index is 0.135. The van der Waals surface area contributed by atoms with E-state index in [9.17, 15) is 4.79 Å². The Morgan fingerprint density at radius 1 is 1.32 bits per heavy atom. The van der Waals surface area contributed by atoms with Crippen molar-refractivity contribution >= 4 is 17.2 Å². The summed E-state index contributed by atoms with van der Waals surface area (Å²) in [5.74, 6) is 2.44. The molecule has 0 saturated carbocycles. The van der Waals surface area contributed by atoms with Crippen molar-refractivity contribution in [3.63, 3.8) is 0 Å². The van der Waals surface area contributed by atoms with Crippen LogP contribution in [0, 0.1) is 12.8 Å². The molecule has 3 heterocycles. The molecule has 3 rings (SSSR count). The molecule has 1 saturated heterocycles. The van der Waals surface area contributed by atoms with Crippen LogP contribution >= 0.6 is 11.3 Å². The van der Waals surface area contributed by atoms with Gasteiger partial charge in [-0.25, -0.2) is 0 Å². The molecule has 2 aromatic heterocycles. The maximum atomic E-state index is 12.6. The first-order valence-corrected chi connectivity index (χ1v) is 8.44. The molecule has 118 valence electrons. The molecule has 2 aromatic rings. The SMILES string of the molecule is COCC1CCN(C(=O)c2ccc(-c3ccc(C)o3)s2)CC1. The highest BCUT2D eigenvalue weighted by molar-refractivity contribution is 7.17. The average molecular weight is 319 g/mol. The number of furan rings is 1. The molecule has 5 heteroatoms. The fourth-order valence-corrected chi connectivity index (χ4v) is 3.78. The lowest BCUT2D eigenvalue weighted by Crippen LogP contribution is -2.39. The predicted octanol–water partition coefficient (Wildman–Crippen LogP) is 3.82. The van der Waals surface area contributed by atoms with E-state index in [0.29, 0.717) is 5.92 Å². The quantitative estimate of drug-likeness (QED) is 0.860. The second-order valence-corrected chi connectivity index (χ2v) is 6.85. The first kappa shape index (κ1) is 15.3. The number of methoxy groups -OCH3 is 1. The lowest BCUT2D eigenvalue weighted by atomic mass is 9.98. The number of hydrogen-bond donors (Lipinski definition) is 0. The van der Waals surface area contributed by atoms with Crippen molar-refractivity contribution in [1.29, 1.82) is 0 Å². The second-order valence-electron chi connectivity index (χ2n) is 5.77. The fourth-order valence-electron chi connectivity index (χ4n) is 2.85. The van der Waals surface area contributed by atoms with Crippen molar-refractivity contribution in [2.45, 2.75) is 19.8 Å². The lowest BCUT2D eigenvalue weighted by molar-refractivity contribution is 0.0618. The van der Waals surface area contributed by atoms with Gasteiger partial charge >= 0.3 is 0 Å². The number of carbonyl (C=O) groups is 1. The number of nitrogens with zero attached hydrogens (tertiary/aromatic N) is 1. The Labute approximate surface area is 134 Å². The number of ether oxygens (including phenoxy) is 1. The summed E-state index contributed by atoms with van der Waals surface area (Å²) in [6.07, 6.45) is 2.05. The Bertz CT molecular complexity index is 638. The zero-order chi connectivity index (χ0) is 15.5. The molecule has 22 heavy (non-hydrogen) atoms. The van der Waals surface area contributed by atoms with Gasteiger partial charge in [0.1, 0.15) is 11.5 Å². The maximum absolute atomic E-state index is 12.6. The van der Waals surface area contributed by atoms with E-state index in [4.69, 9.17) is 9.15 Å². The average Bonchev–Trinajstić information content (AvgIpc) is 3.16. The highest BCUT2D eigenvalue weighted by atomic mass is 32.1. The van der Waals surface area contributed by atoms with E-state index in [0.717, 1.165) is 53.8 Å². The fraction of sp³-hybridized carbons (Fsp3) is 0.471. The third-order valence-electron chi connectivity index (χ3n) is 4.10. The molecule has 0 atom stereocenters. The van der Waals surface area contributed by atoms with E-state index in [-0.39, 0.29) is 5.91 Å². The number of carbonyl (C=O) groups excluding carboxylic acids is 1. The van der Waals surface area contributed by atoms with Gasteiger partial charge in [-0.15, -0.1) is 11.3 Å². The van der Waals surface area contributed by atoms with Gasteiger partial charge in [0.25, 0.3) is 5.91 Å².